The number of rotatable bonds is 5. The average Bonchev–Trinajstić information content (AvgIpc) is 3.16. The molecule has 0 bridgehead atoms. The molecule has 4 aliphatic rings. The minimum Gasteiger partial charge on any atom is -0.383 e. The minimum atomic E-state index is -1.04. The van der Waals surface area contributed by atoms with Crippen LogP contribution in [0, 0.1) is 0 Å². The van der Waals surface area contributed by atoms with Gasteiger partial charge in [-0.25, -0.2) is 0 Å². The van der Waals surface area contributed by atoms with E-state index >= 15 is 0 Å². The van der Waals surface area contributed by atoms with Gasteiger partial charge in [0.2, 0.25) is 11.8 Å². The van der Waals surface area contributed by atoms with E-state index in [0.29, 0.717) is 36.2 Å². The predicted molar refractivity (Wildman–Crippen MR) is 132 cm³/mol. The zero-order chi connectivity index (χ0) is 24.9. The number of carbonyl (C=O) groups is 3. The topological polar surface area (TPSA) is 103 Å². The summed E-state index contributed by atoms with van der Waals surface area (Å²) in [5, 5.41) is 13.8. The summed E-state index contributed by atoms with van der Waals surface area (Å²) in [6.45, 7) is 2.61. The van der Waals surface area contributed by atoms with Gasteiger partial charge in [-0.1, -0.05) is 30.7 Å². The first-order valence-electron chi connectivity index (χ1n) is 13.1. The second-order valence-electron chi connectivity index (χ2n) is 10.8. The molecule has 8 heteroatoms. The highest BCUT2D eigenvalue weighted by molar-refractivity contribution is 6.05. The summed E-state index contributed by atoms with van der Waals surface area (Å²) in [5.74, 6) is -0.240. The molecule has 3 amide bonds. The van der Waals surface area contributed by atoms with E-state index in [1.807, 2.05) is 0 Å². The molecule has 0 radical (unpaired) electrons. The van der Waals surface area contributed by atoms with Crippen LogP contribution >= 0.6 is 0 Å². The largest absolute Gasteiger partial charge is 0.383 e. The van der Waals surface area contributed by atoms with Crippen LogP contribution in [0.1, 0.15) is 83.7 Å². The van der Waals surface area contributed by atoms with Crippen LogP contribution in [0.25, 0.3) is 0 Å². The summed E-state index contributed by atoms with van der Waals surface area (Å²) < 4.78 is 0. The molecule has 36 heavy (non-hydrogen) atoms. The van der Waals surface area contributed by atoms with Gasteiger partial charge in [0.1, 0.15) is 11.6 Å². The molecular formula is C28H32N4O4. The van der Waals surface area contributed by atoms with Gasteiger partial charge in [-0.3, -0.25) is 29.6 Å². The van der Waals surface area contributed by atoms with Gasteiger partial charge in [0.05, 0.1) is 23.5 Å². The highest BCUT2D eigenvalue weighted by Crippen LogP contribution is 2.37. The molecule has 1 saturated carbocycles. The number of aliphatic hydroxyl groups is 1. The van der Waals surface area contributed by atoms with Gasteiger partial charge in [-0.05, 0) is 61.3 Å². The summed E-state index contributed by atoms with van der Waals surface area (Å²) >= 11 is 0. The number of carbonyl (C=O) groups excluding carboxylic acids is 3. The zero-order valence-electron chi connectivity index (χ0n) is 20.4. The molecule has 0 spiro atoms. The maximum absolute atomic E-state index is 12.9. The first-order chi connectivity index (χ1) is 17.4. The van der Waals surface area contributed by atoms with Crippen molar-refractivity contribution in [3.63, 3.8) is 0 Å². The van der Waals surface area contributed by atoms with Gasteiger partial charge in [0.25, 0.3) is 5.91 Å². The van der Waals surface area contributed by atoms with Gasteiger partial charge in [0, 0.05) is 26.1 Å². The first kappa shape index (κ1) is 23.3. The quantitative estimate of drug-likeness (QED) is 0.628. The van der Waals surface area contributed by atoms with E-state index in [-0.39, 0.29) is 24.8 Å². The molecule has 8 nitrogen and oxygen atoms in total. The Labute approximate surface area is 210 Å². The molecule has 1 unspecified atom stereocenters. The van der Waals surface area contributed by atoms with Crippen LogP contribution < -0.4 is 5.32 Å². The first-order valence-corrected chi connectivity index (χ1v) is 13.1. The number of imide groups is 1. The third-order valence-corrected chi connectivity index (χ3v) is 8.49. The van der Waals surface area contributed by atoms with Crippen molar-refractivity contribution < 1.29 is 19.5 Å². The van der Waals surface area contributed by atoms with Crippen LogP contribution in [0.5, 0.6) is 0 Å². The third kappa shape index (κ3) is 4.22. The molecule has 188 valence electrons. The number of hydrogen-bond acceptors (Lipinski definition) is 6. The lowest BCUT2D eigenvalue weighted by Crippen LogP contribution is -2.52. The van der Waals surface area contributed by atoms with Crippen molar-refractivity contribution in [2.75, 3.05) is 13.1 Å². The van der Waals surface area contributed by atoms with Gasteiger partial charge in [-0.15, -0.1) is 0 Å². The second-order valence-corrected chi connectivity index (χ2v) is 10.8. The number of aromatic nitrogens is 1. The van der Waals surface area contributed by atoms with E-state index in [0.717, 1.165) is 25.6 Å². The Bertz CT molecular complexity index is 1200. The molecule has 4 heterocycles. The molecule has 6 rings (SSSR count). The van der Waals surface area contributed by atoms with Gasteiger partial charge in [0.15, 0.2) is 0 Å². The Morgan fingerprint density at radius 2 is 1.75 bits per heavy atom. The highest BCUT2D eigenvalue weighted by atomic mass is 16.3. The smallest absolute Gasteiger partial charge is 0.256 e. The number of amides is 3. The molecule has 3 aliphatic heterocycles. The van der Waals surface area contributed by atoms with Crippen molar-refractivity contribution in [3.05, 3.63) is 64.5 Å². The zero-order valence-corrected chi connectivity index (χ0v) is 20.4. The van der Waals surface area contributed by atoms with E-state index in [4.69, 9.17) is 4.98 Å². The monoisotopic (exact) mass is 488 g/mol. The second kappa shape index (κ2) is 9.09. The van der Waals surface area contributed by atoms with Gasteiger partial charge in [-0.2, -0.15) is 0 Å². The number of fused-ring (bicyclic) bond motifs is 1. The summed E-state index contributed by atoms with van der Waals surface area (Å²) in [4.78, 5) is 45.3. The number of benzene rings is 1. The fourth-order valence-electron chi connectivity index (χ4n) is 5.93. The fraction of sp³-hybridized carbons (Fsp3) is 0.500. The third-order valence-electron chi connectivity index (χ3n) is 8.49. The molecule has 2 saturated heterocycles. The molecular weight excluding hydrogens is 456 g/mol. The van der Waals surface area contributed by atoms with Crippen molar-refractivity contribution in [2.45, 2.75) is 75.6 Å². The summed E-state index contributed by atoms with van der Waals surface area (Å²) in [6.07, 6.45) is 5.65. The molecule has 2 aromatic rings. The molecule has 3 fully saturated rings. The maximum atomic E-state index is 12.9. The Morgan fingerprint density at radius 3 is 2.42 bits per heavy atom. The van der Waals surface area contributed by atoms with Crippen molar-refractivity contribution in [1.82, 2.24) is 20.1 Å². The molecule has 2 N–H and O–H groups in total. The van der Waals surface area contributed by atoms with Crippen LogP contribution in [0.2, 0.25) is 0 Å². The summed E-state index contributed by atoms with van der Waals surface area (Å²) in [5.41, 5.74) is 3.36. The number of piperidine rings is 2. The molecule has 1 aromatic carbocycles. The number of nitrogens with zero attached hydrogens (tertiary/aromatic N) is 3. The van der Waals surface area contributed by atoms with Crippen molar-refractivity contribution in [2.24, 2.45) is 0 Å². The molecule has 1 atom stereocenters. The van der Waals surface area contributed by atoms with Crippen molar-refractivity contribution >= 4 is 17.7 Å². The van der Waals surface area contributed by atoms with Crippen LogP contribution in [0.15, 0.2) is 36.4 Å². The predicted octanol–water partition coefficient (Wildman–Crippen LogP) is 2.59. The van der Waals surface area contributed by atoms with E-state index < -0.39 is 17.6 Å². The molecule has 1 aromatic heterocycles. The number of likely N-dealkylation sites (tertiary alicyclic amines) is 1. The van der Waals surface area contributed by atoms with Crippen LogP contribution in [0.3, 0.4) is 0 Å². The van der Waals surface area contributed by atoms with E-state index in [2.05, 4.69) is 34.5 Å². The average molecular weight is 489 g/mol. The van der Waals surface area contributed by atoms with Gasteiger partial charge < -0.3 is 10.0 Å². The van der Waals surface area contributed by atoms with Crippen molar-refractivity contribution in [3.8, 4) is 0 Å². The van der Waals surface area contributed by atoms with Crippen LogP contribution in [0.4, 0.5) is 0 Å². The van der Waals surface area contributed by atoms with E-state index in [1.165, 1.54) is 35.3 Å². The lowest BCUT2D eigenvalue weighted by atomic mass is 9.80. The van der Waals surface area contributed by atoms with Crippen LogP contribution in [-0.2, 0) is 28.3 Å². The van der Waals surface area contributed by atoms with Crippen molar-refractivity contribution in [1.29, 1.82) is 0 Å². The Hall–Kier alpha value is -3.10. The highest BCUT2D eigenvalue weighted by Gasteiger charge is 2.41. The number of nitrogens with one attached hydrogen (secondary N) is 1. The normalized spacial score (nSPS) is 24.4. The van der Waals surface area contributed by atoms with Gasteiger partial charge >= 0.3 is 0 Å². The van der Waals surface area contributed by atoms with E-state index in [1.54, 1.807) is 12.1 Å². The lowest BCUT2D eigenvalue weighted by molar-refractivity contribution is -0.136. The Balaban J connectivity index is 1.09. The maximum Gasteiger partial charge on any atom is 0.256 e. The standard InChI is InChI=1S/C28H32N4O4/c33-25-11-9-23(26(34)30-25)32-17-22-21(27(32)35)8-10-24(29-22)28(36)12-14-31(15-13-28)16-18-4-6-20(7-5-18)19-2-1-3-19/h4-8,10,19,23,36H,1-3,9,11-17H2,(H,30,33,34). The SMILES string of the molecule is O=C1CCC(N2Cc3nc(C4(O)CCN(Cc5ccc(C6CCC6)cc5)CC4)ccc3C2=O)C(=O)N1. The summed E-state index contributed by atoms with van der Waals surface area (Å²) in [7, 11) is 0. The molecule has 1 aliphatic carbocycles. The lowest BCUT2D eigenvalue weighted by Gasteiger charge is -2.38. The number of pyridine rings is 1. The minimum absolute atomic E-state index is 0.216. The summed E-state index contributed by atoms with van der Waals surface area (Å²) in [6, 6.07) is 11.8. The van der Waals surface area contributed by atoms with E-state index in [9.17, 15) is 19.5 Å². The number of hydrogen-bond donors (Lipinski definition) is 2. The fourth-order valence-corrected chi connectivity index (χ4v) is 5.93. The van der Waals surface area contributed by atoms with Crippen LogP contribution in [-0.4, -0.2) is 56.7 Å². The Morgan fingerprint density at radius 1 is 1.00 bits per heavy atom. The Kier molecular flexibility index (Phi) is 5.88.